The molecular weight excluding hydrogens is 278 g/mol. The van der Waals surface area contributed by atoms with Crippen molar-refractivity contribution in [2.45, 2.75) is 26.4 Å². The van der Waals surface area contributed by atoms with Crippen LogP contribution >= 0.6 is 0 Å². The van der Waals surface area contributed by atoms with Gasteiger partial charge in [0.25, 0.3) is 0 Å². The minimum atomic E-state index is 0.0391. The maximum atomic E-state index is 12.1. The van der Waals surface area contributed by atoms with Crippen LogP contribution in [-0.2, 0) is 4.74 Å². The van der Waals surface area contributed by atoms with Gasteiger partial charge in [-0.3, -0.25) is 0 Å². The summed E-state index contributed by atoms with van der Waals surface area (Å²) >= 11 is 0. The van der Waals surface area contributed by atoms with Gasteiger partial charge in [0.15, 0.2) is 0 Å². The van der Waals surface area contributed by atoms with Crippen molar-refractivity contribution >= 4 is 11.7 Å². The number of urea groups is 1. The number of piperazine rings is 1. The highest BCUT2D eigenvalue weighted by Gasteiger charge is 2.20. The highest BCUT2D eigenvalue weighted by Crippen LogP contribution is 2.15. The summed E-state index contributed by atoms with van der Waals surface area (Å²) in [5.41, 5.74) is 1.23. The van der Waals surface area contributed by atoms with Crippen LogP contribution in [0.4, 0.5) is 10.5 Å². The predicted octanol–water partition coefficient (Wildman–Crippen LogP) is 2.33. The molecule has 1 aromatic rings. The number of nitrogens with one attached hydrogen (secondary N) is 1. The minimum absolute atomic E-state index is 0.0391. The van der Waals surface area contributed by atoms with E-state index in [0.717, 1.165) is 32.6 Å². The summed E-state index contributed by atoms with van der Waals surface area (Å²) in [4.78, 5) is 16.3. The topological polar surface area (TPSA) is 44.8 Å². The molecule has 1 heterocycles. The number of anilines is 1. The summed E-state index contributed by atoms with van der Waals surface area (Å²) in [6, 6.07) is 10.4. The zero-order valence-electron chi connectivity index (χ0n) is 13.6. The van der Waals surface area contributed by atoms with E-state index in [0.29, 0.717) is 13.2 Å². The van der Waals surface area contributed by atoms with Gasteiger partial charge in [0.05, 0.1) is 6.10 Å². The van der Waals surface area contributed by atoms with Gasteiger partial charge in [0.2, 0.25) is 0 Å². The summed E-state index contributed by atoms with van der Waals surface area (Å²) in [5, 5.41) is 2.97. The number of benzene rings is 1. The van der Waals surface area contributed by atoms with Crippen LogP contribution in [0, 0.1) is 0 Å². The molecule has 1 saturated heterocycles. The van der Waals surface area contributed by atoms with Gasteiger partial charge in [-0.2, -0.15) is 0 Å². The Labute approximate surface area is 133 Å². The molecule has 5 nitrogen and oxygen atoms in total. The fourth-order valence-electron chi connectivity index (χ4n) is 2.50. The van der Waals surface area contributed by atoms with Crippen LogP contribution in [0.15, 0.2) is 30.3 Å². The van der Waals surface area contributed by atoms with E-state index >= 15 is 0 Å². The van der Waals surface area contributed by atoms with Crippen LogP contribution in [-0.4, -0.2) is 56.4 Å². The van der Waals surface area contributed by atoms with Crippen LogP contribution < -0.4 is 10.2 Å². The van der Waals surface area contributed by atoms with Crippen LogP contribution in [0.25, 0.3) is 0 Å². The Bertz CT molecular complexity index is 442. The molecule has 1 fully saturated rings. The molecule has 5 heteroatoms. The van der Waals surface area contributed by atoms with Crippen LogP contribution in [0.2, 0.25) is 0 Å². The largest absolute Gasteiger partial charge is 0.379 e. The molecule has 0 aromatic heterocycles. The van der Waals surface area contributed by atoms with E-state index in [1.54, 1.807) is 0 Å². The lowest BCUT2D eigenvalue weighted by Gasteiger charge is -2.36. The van der Waals surface area contributed by atoms with Gasteiger partial charge < -0.3 is 19.9 Å². The van der Waals surface area contributed by atoms with Crippen LogP contribution in [0.3, 0.4) is 0 Å². The molecule has 0 bridgehead atoms. The maximum absolute atomic E-state index is 12.1. The van der Waals surface area contributed by atoms with Gasteiger partial charge in [-0.15, -0.1) is 0 Å². The zero-order chi connectivity index (χ0) is 15.8. The molecule has 0 spiro atoms. The summed E-state index contributed by atoms with van der Waals surface area (Å²) in [5.74, 6) is 0. The third-order valence-corrected chi connectivity index (χ3v) is 3.74. The highest BCUT2D eigenvalue weighted by atomic mass is 16.5. The Hall–Kier alpha value is -1.75. The summed E-state index contributed by atoms with van der Waals surface area (Å²) in [6.45, 7) is 8.70. The SMILES string of the molecule is CC(C)OCCCNC(=O)N1CCN(c2ccccc2)CC1. The highest BCUT2D eigenvalue weighted by molar-refractivity contribution is 5.74. The van der Waals surface area contributed by atoms with E-state index in [2.05, 4.69) is 22.3 Å². The molecule has 1 N–H and O–H groups in total. The van der Waals surface area contributed by atoms with Crippen molar-refractivity contribution in [1.82, 2.24) is 10.2 Å². The zero-order valence-corrected chi connectivity index (χ0v) is 13.6. The molecule has 2 rings (SSSR count). The normalized spacial score (nSPS) is 15.2. The molecule has 1 aliphatic rings. The predicted molar refractivity (Wildman–Crippen MR) is 89.3 cm³/mol. The van der Waals surface area contributed by atoms with Crippen LogP contribution in [0.1, 0.15) is 20.3 Å². The first kappa shape index (κ1) is 16.6. The molecule has 122 valence electrons. The molecule has 22 heavy (non-hydrogen) atoms. The Morgan fingerprint density at radius 3 is 2.50 bits per heavy atom. The summed E-state index contributed by atoms with van der Waals surface area (Å²) in [6.07, 6.45) is 1.11. The quantitative estimate of drug-likeness (QED) is 0.821. The number of carbonyl (C=O) groups is 1. The van der Waals surface area contributed by atoms with Crippen molar-refractivity contribution in [3.8, 4) is 0 Å². The number of rotatable bonds is 6. The van der Waals surface area contributed by atoms with Crippen molar-refractivity contribution < 1.29 is 9.53 Å². The number of para-hydroxylation sites is 1. The van der Waals surface area contributed by atoms with E-state index in [1.165, 1.54) is 5.69 Å². The number of hydrogen-bond donors (Lipinski definition) is 1. The Balaban J connectivity index is 1.65. The fourth-order valence-corrected chi connectivity index (χ4v) is 2.50. The molecule has 0 saturated carbocycles. The summed E-state index contributed by atoms with van der Waals surface area (Å²) in [7, 11) is 0. The van der Waals surface area contributed by atoms with Crippen molar-refractivity contribution in [1.29, 1.82) is 0 Å². The lowest BCUT2D eigenvalue weighted by molar-refractivity contribution is 0.0771. The van der Waals surface area contributed by atoms with E-state index in [9.17, 15) is 4.79 Å². The van der Waals surface area contributed by atoms with Gasteiger partial charge >= 0.3 is 6.03 Å². The van der Waals surface area contributed by atoms with Crippen molar-refractivity contribution in [2.75, 3.05) is 44.2 Å². The molecule has 0 radical (unpaired) electrons. The minimum Gasteiger partial charge on any atom is -0.379 e. The van der Waals surface area contributed by atoms with E-state index in [1.807, 2.05) is 36.9 Å². The maximum Gasteiger partial charge on any atom is 0.317 e. The van der Waals surface area contributed by atoms with E-state index in [-0.39, 0.29) is 12.1 Å². The first-order chi connectivity index (χ1) is 10.7. The molecule has 0 atom stereocenters. The molecule has 0 unspecified atom stereocenters. The second-order valence-electron chi connectivity index (χ2n) is 5.81. The summed E-state index contributed by atoms with van der Waals surface area (Å²) < 4.78 is 5.46. The number of ether oxygens (including phenoxy) is 1. The number of nitrogens with zero attached hydrogens (tertiary/aromatic N) is 2. The Morgan fingerprint density at radius 1 is 1.18 bits per heavy atom. The van der Waals surface area contributed by atoms with E-state index < -0.39 is 0 Å². The molecular formula is C17H27N3O2. The van der Waals surface area contributed by atoms with Gasteiger partial charge in [0, 0.05) is 45.0 Å². The average molecular weight is 305 g/mol. The van der Waals surface area contributed by atoms with Gasteiger partial charge in [-0.05, 0) is 32.4 Å². The van der Waals surface area contributed by atoms with Crippen molar-refractivity contribution in [3.63, 3.8) is 0 Å². The van der Waals surface area contributed by atoms with Crippen LogP contribution in [0.5, 0.6) is 0 Å². The monoisotopic (exact) mass is 305 g/mol. The Morgan fingerprint density at radius 2 is 1.86 bits per heavy atom. The number of carbonyl (C=O) groups excluding carboxylic acids is 1. The number of amides is 2. The molecule has 2 amide bonds. The first-order valence-corrected chi connectivity index (χ1v) is 8.11. The van der Waals surface area contributed by atoms with Crippen molar-refractivity contribution in [3.05, 3.63) is 30.3 Å². The third kappa shape index (κ3) is 5.22. The van der Waals surface area contributed by atoms with Gasteiger partial charge in [-0.1, -0.05) is 18.2 Å². The lowest BCUT2D eigenvalue weighted by Crippen LogP contribution is -2.52. The fraction of sp³-hybridized carbons (Fsp3) is 0.588. The second-order valence-corrected chi connectivity index (χ2v) is 5.81. The standard InChI is InChI=1S/C17H27N3O2/c1-15(2)22-14-6-9-18-17(21)20-12-10-19(11-13-20)16-7-4-3-5-8-16/h3-5,7-8,15H,6,9-14H2,1-2H3,(H,18,21). The smallest absolute Gasteiger partial charge is 0.317 e. The molecule has 1 aromatic carbocycles. The lowest BCUT2D eigenvalue weighted by atomic mass is 10.2. The molecule has 0 aliphatic carbocycles. The first-order valence-electron chi connectivity index (χ1n) is 8.11. The average Bonchev–Trinajstić information content (AvgIpc) is 2.55. The van der Waals surface area contributed by atoms with E-state index in [4.69, 9.17) is 4.74 Å². The number of hydrogen-bond acceptors (Lipinski definition) is 3. The third-order valence-electron chi connectivity index (χ3n) is 3.74. The van der Waals surface area contributed by atoms with Crippen molar-refractivity contribution in [2.24, 2.45) is 0 Å². The molecule has 1 aliphatic heterocycles. The van der Waals surface area contributed by atoms with Gasteiger partial charge in [0.1, 0.15) is 0 Å². The van der Waals surface area contributed by atoms with Gasteiger partial charge in [-0.25, -0.2) is 4.79 Å². The Kier molecular flexibility index (Phi) is 6.52. The second kappa shape index (κ2) is 8.63.